The first kappa shape index (κ1) is 17.8. The number of nitrogens with zero attached hydrogens (tertiary/aromatic N) is 2. The van der Waals surface area contributed by atoms with Gasteiger partial charge in [0.1, 0.15) is 11.4 Å². The van der Waals surface area contributed by atoms with E-state index in [9.17, 15) is 18.0 Å². The first-order chi connectivity index (χ1) is 11.9. The molecule has 1 saturated heterocycles. The Morgan fingerprint density at radius 2 is 1.84 bits per heavy atom. The zero-order valence-electron chi connectivity index (χ0n) is 14.3. The highest BCUT2D eigenvalue weighted by Crippen LogP contribution is 2.19. The summed E-state index contributed by atoms with van der Waals surface area (Å²) in [5, 5.41) is 2.95. The van der Waals surface area contributed by atoms with Crippen molar-refractivity contribution in [2.75, 3.05) is 18.6 Å². The fourth-order valence-corrected chi connectivity index (χ4v) is 5.21. The summed E-state index contributed by atoms with van der Waals surface area (Å²) in [7, 11) is -1.49. The number of carbonyl (C=O) groups is 2. The van der Waals surface area contributed by atoms with Crippen molar-refractivity contribution in [3.63, 3.8) is 0 Å². The largest absolute Gasteiger partial charge is 0.348 e. The van der Waals surface area contributed by atoms with Gasteiger partial charge in [0.2, 0.25) is 0 Å². The number of aromatic nitrogens is 1. The minimum absolute atomic E-state index is 0.0168. The van der Waals surface area contributed by atoms with Crippen molar-refractivity contribution in [3.8, 4) is 0 Å². The molecule has 2 amide bonds. The Morgan fingerprint density at radius 1 is 1.16 bits per heavy atom. The number of nitrogens with one attached hydrogen (secondary N) is 1. The minimum atomic E-state index is -3.07. The normalized spacial score (nSPS) is 22.7. The second-order valence-corrected chi connectivity index (χ2v) is 9.06. The Kier molecular flexibility index (Phi) is 5.08. The summed E-state index contributed by atoms with van der Waals surface area (Å²) in [5.41, 5.74) is 0.371. The van der Waals surface area contributed by atoms with Gasteiger partial charge in [-0.3, -0.25) is 9.59 Å². The Bertz CT molecular complexity index is 772. The minimum Gasteiger partial charge on any atom is -0.348 e. The van der Waals surface area contributed by atoms with Crippen molar-refractivity contribution in [1.82, 2.24) is 15.2 Å². The van der Waals surface area contributed by atoms with Crippen LogP contribution in [-0.2, 0) is 9.84 Å². The third-order valence-electron chi connectivity index (χ3n) is 4.97. The number of pyridine rings is 1. The van der Waals surface area contributed by atoms with Gasteiger partial charge in [-0.2, -0.15) is 0 Å². The quantitative estimate of drug-likeness (QED) is 0.859. The van der Waals surface area contributed by atoms with Gasteiger partial charge in [0, 0.05) is 19.1 Å². The first-order valence-electron chi connectivity index (χ1n) is 8.61. The maximum Gasteiger partial charge on any atom is 0.272 e. The van der Waals surface area contributed by atoms with Crippen LogP contribution in [0.4, 0.5) is 0 Å². The van der Waals surface area contributed by atoms with E-state index >= 15 is 0 Å². The van der Waals surface area contributed by atoms with Crippen LogP contribution in [0.5, 0.6) is 0 Å². The lowest BCUT2D eigenvalue weighted by Gasteiger charge is -2.23. The third kappa shape index (κ3) is 4.18. The molecule has 1 aromatic rings. The van der Waals surface area contributed by atoms with Gasteiger partial charge in [-0.05, 0) is 31.4 Å². The van der Waals surface area contributed by atoms with Gasteiger partial charge in [0.15, 0.2) is 9.84 Å². The van der Waals surface area contributed by atoms with Crippen LogP contribution < -0.4 is 5.32 Å². The van der Waals surface area contributed by atoms with Gasteiger partial charge < -0.3 is 10.2 Å². The topological polar surface area (TPSA) is 96.4 Å². The lowest BCUT2D eigenvalue weighted by Crippen LogP contribution is -2.38. The molecule has 3 rings (SSSR count). The standard InChI is InChI=1S/C17H23N3O4S/c1-20(13-9-10-25(23,24)11-13)17(22)15-8-4-7-14(19-15)16(21)18-12-5-2-3-6-12/h4,7-8,12-13H,2-3,5-6,9-11H2,1H3,(H,18,21). The number of hydrogen-bond acceptors (Lipinski definition) is 5. The van der Waals surface area contributed by atoms with Crippen molar-refractivity contribution in [3.05, 3.63) is 29.6 Å². The molecule has 1 atom stereocenters. The van der Waals surface area contributed by atoms with E-state index in [0.29, 0.717) is 6.42 Å². The average Bonchev–Trinajstić information content (AvgIpc) is 3.22. The van der Waals surface area contributed by atoms with Gasteiger partial charge in [0.05, 0.1) is 11.5 Å². The summed E-state index contributed by atoms with van der Waals surface area (Å²) >= 11 is 0. The van der Waals surface area contributed by atoms with E-state index in [1.807, 2.05) is 0 Å². The van der Waals surface area contributed by atoms with E-state index in [1.165, 1.54) is 4.90 Å². The van der Waals surface area contributed by atoms with E-state index in [1.54, 1.807) is 25.2 Å². The monoisotopic (exact) mass is 365 g/mol. The molecule has 2 heterocycles. The Hall–Kier alpha value is -1.96. The van der Waals surface area contributed by atoms with Crippen LogP contribution in [0.25, 0.3) is 0 Å². The van der Waals surface area contributed by atoms with Crippen LogP contribution in [0.3, 0.4) is 0 Å². The molecule has 136 valence electrons. The molecule has 1 aliphatic heterocycles. The summed E-state index contributed by atoms with van der Waals surface area (Å²) in [6.07, 6.45) is 4.62. The number of amides is 2. The molecule has 0 radical (unpaired) electrons. The fourth-order valence-electron chi connectivity index (χ4n) is 3.44. The number of rotatable bonds is 4. The lowest BCUT2D eigenvalue weighted by atomic mass is 10.2. The van der Waals surface area contributed by atoms with E-state index in [0.717, 1.165) is 25.7 Å². The molecule has 7 nitrogen and oxygen atoms in total. The molecular formula is C17H23N3O4S. The van der Waals surface area contributed by atoms with Crippen LogP contribution in [0.2, 0.25) is 0 Å². The van der Waals surface area contributed by atoms with E-state index in [-0.39, 0.29) is 46.8 Å². The summed E-state index contributed by atoms with van der Waals surface area (Å²) in [4.78, 5) is 30.5. The number of sulfone groups is 1. The predicted molar refractivity (Wildman–Crippen MR) is 93.1 cm³/mol. The van der Waals surface area contributed by atoms with Gasteiger partial charge in [-0.15, -0.1) is 0 Å². The molecule has 8 heteroatoms. The highest BCUT2D eigenvalue weighted by molar-refractivity contribution is 7.91. The highest BCUT2D eigenvalue weighted by Gasteiger charge is 2.33. The third-order valence-corrected chi connectivity index (χ3v) is 6.72. The van der Waals surface area contributed by atoms with Gasteiger partial charge in [0.25, 0.3) is 11.8 Å². The van der Waals surface area contributed by atoms with Gasteiger partial charge >= 0.3 is 0 Å². The van der Waals surface area contributed by atoms with Crippen LogP contribution >= 0.6 is 0 Å². The number of hydrogen-bond donors (Lipinski definition) is 1. The molecule has 25 heavy (non-hydrogen) atoms. The van der Waals surface area contributed by atoms with Crippen molar-refractivity contribution < 1.29 is 18.0 Å². The van der Waals surface area contributed by atoms with Crippen molar-refractivity contribution >= 4 is 21.7 Å². The summed E-state index contributed by atoms with van der Waals surface area (Å²) in [6, 6.07) is 4.61. The zero-order valence-corrected chi connectivity index (χ0v) is 15.1. The smallest absolute Gasteiger partial charge is 0.272 e. The molecule has 2 aliphatic rings. The van der Waals surface area contributed by atoms with E-state index < -0.39 is 9.84 Å². The first-order valence-corrected chi connectivity index (χ1v) is 10.4. The summed E-state index contributed by atoms with van der Waals surface area (Å²) in [6.45, 7) is 0. The second kappa shape index (κ2) is 7.11. The maximum atomic E-state index is 12.6. The fraction of sp³-hybridized carbons (Fsp3) is 0.588. The van der Waals surface area contributed by atoms with Crippen molar-refractivity contribution in [2.45, 2.75) is 44.2 Å². The molecular weight excluding hydrogens is 342 g/mol. The Labute approximate surface area is 147 Å². The Balaban J connectivity index is 1.69. The molecule has 1 aliphatic carbocycles. The maximum absolute atomic E-state index is 12.6. The van der Waals surface area contributed by atoms with Gasteiger partial charge in [-0.25, -0.2) is 13.4 Å². The molecule has 0 aromatic carbocycles. The van der Waals surface area contributed by atoms with Crippen molar-refractivity contribution in [2.24, 2.45) is 0 Å². The molecule has 0 bridgehead atoms. The number of carbonyl (C=O) groups excluding carboxylic acids is 2. The SMILES string of the molecule is CN(C(=O)c1cccc(C(=O)NC2CCCC2)n1)C1CCS(=O)(=O)C1. The lowest BCUT2D eigenvalue weighted by molar-refractivity contribution is 0.0741. The molecule has 1 N–H and O–H groups in total. The van der Waals surface area contributed by atoms with Crippen LogP contribution in [0.1, 0.15) is 53.1 Å². The van der Waals surface area contributed by atoms with Crippen molar-refractivity contribution in [1.29, 1.82) is 0 Å². The van der Waals surface area contributed by atoms with E-state index in [4.69, 9.17) is 0 Å². The second-order valence-electron chi connectivity index (χ2n) is 6.84. The van der Waals surface area contributed by atoms with Crippen LogP contribution in [-0.4, -0.2) is 60.8 Å². The summed E-state index contributed by atoms with van der Waals surface area (Å²) < 4.78 is 23.2. The van der Waals surface area contributed by atoms with Gasteiger partial charge in [-0.1, -0.05) is 18.9 Å². The Morgan fingerprint density at radius 3 is 2.48 bits per heavy atom. The summed E-state index contributed by atoms with van der Waals surface area (Å²) in [5.74, 6) is -0.547. The molecule has 1 unspecified atom stereocenters. The average molecular weight is 365 g/mol. The highest BCUT2D eigenvalue weighted by atomic mass is 32.2. The van der Waals surface area contributed by atoms with Crippen LogP contribution in [0.15, 0.2) is 18.2 Å². The molecule has 0 spiro atoms. The molecule has 2 fully saturated rings. The van der Waals surface area contributed by atoms with E-state index in [2.05, 4.69) is 10.3 Å². The van der Waals surface area contributed by atoms with Crippen LogP contribution in [0, 0.1) is 0 Å². The zero-order chi connectivity index (χ0) is 18.0. The predicted octanol–water partition coefficient (Wildman–Crippen LogP) is 1.01. The molecule has 1 aromatic heterocycles. The molecule has 1 saturated carbocycles.